The Hall–Kier alpha value is -3.92. The lowest BCUT2D eigenvalue weighted by atomic mass is 10.1. The van der Waals surface area contributed by atoms with E-state index in [0.717, 1.165) is 11.1 Å². The third-order valence-electron chi connectivity index (χ3n) is 5.09. The number of hydrazine groups is 1. The Bertz CT molecular complexity index is 1030. The molecule has 0 saturated carbocycles. The Labute approximate surface area is 199 Å². The lowest BCUT2D eigenvalue weighted by Gasteiger charge is -2.25. The van der Waals surface area contributed by atoms with Crippen molar-refractivity contribution in [1.29, 1.82) is 0 Å². The highest BCUT2D eigenvalue weighted by atomic mass is 16.5. The molecule has 1 aromatic heterocycles. The first-order chi connectivity index (χ1) is 16.6. The number of methoxy groups -OCH3 is 6. The minimum absolute atomic E-state index is 0.444. The highest BCUT2D eigenvalue weighted by Crippen LogP contribution is 2.39. The van der Waals surface area contributed by atoms with Crippen molar-refractivity contribution < 1.29 is 28.4 Å². The summed E-state index contributed by atoms with van der Waals surface area (Å²) >= 11 is 0. The van der Waals surface area contributed by atoms with Crippen molar-refractivity contribution in [2.24, 2.45) is 0 Å². The van der Waals surface area contributed by atoms with Gasteiger partial charge in [-0.3, -0.25) is 9.99 Å². The maximum absolute atomic E-state index is 5.50. The molecular formula is C24H30N4O6. The predicted molar refractivity (Wildman–Crippen MR) is 127 cm³/mol. The number of ether oxygens (including phenoxy) is 6. The van der Waals surface area contributed by atoms with Gasteiger partial charge in [0.15, 0.2) is 28.8 Å². The predicted octanol–water partition coefficient (Wildman–Crippen LogP) is 3.24. The van der Waals surface area contributed by atoms with Crippen molar-refractivity contribution in [2.75, 3.05) is 47.7 Å². The quantitative estimate of drug-likeness (QED) is 0.397. The summed E-state index contributed by atoms with van der Waals surface area (Å²) in [5.41, 5.74) is 5.25. The van der Waals surface area contributed by atoms with Crippen LogP contribution in [0.1, 0.15) is 11.1 Å². The minimum atomic E-state index is 0.444. The van der Waals surface area contributed by atoms with Crippen LogP contribution in [0.25, 0.3) is 0 Å². The van der Waals surface area contributed by atoms with E-state index in [0.29, 0.717) is 53.4 Å². The van der Waals surface area contributed by atoms with E-state index in [1.807, 2.05) is 29.3 Å². The Morgan fingerprint density at radius 2 is 1.18 bits per heavy atom. The van der Waals surface area contributed by atoms with E-state index >= 15 is 0 Å². The first-order valence-corrected chi connectivity index (χ1v) is 10.4. The Kier molecular flexibility index (Phi) is 8.58. The molecule has 1 heterocycles. The molecule has 0 bridgehead atoms. The van der Waals surface area contributed by atoms with Crippen LogP contribution in [0.2, 0.25) is 0 Å². The lowest BCUT2D eigenvalue weighted by Crippen LogP contribution is -2.37. The van der Waals surface area contributed by atoms with Crippen molar-refractivity contribution in [1.82, 2.24) is 15.4 Å². The molecule has 3 rings (SSSR count). The standard InChI is InChI=1S/C24H30N4O6/c1-29-18-9-16(10-19(30-2)23(18)33-5)13-27-28(22-14-25-7-8-26-22)15-17-11-20(31-3)24(34-6)21(12-17)32-4/h7-12,14,27H,13,15H2,1-6H3. The van der Waals surface area contributed by atoms with Gasteiger partial charge < -0.3 is 28.4 Å². The van der Waals surface area contributed by atoms with Gasteiger partial charge in [0, 0.05) is 18.9 Å². The molecule has 3 aromatic rings. The number of hydrogen-bond acceptors (Lipinski definition) is 10. The van der Waals surface area contributed by atoms with Crippen molar-refractivity contribution in [3.63, 3.8) is 0 Å². The number of nitrogens with one attached hydrogen (secondary N) is 1. The van der Waals surface area contributed by atoms with Gasteiger partial charge in [-0.15, -0.1) is 0 Å². The SMILES string of the molecule is COc1cc(CNN(Cc2cc(OC)c(OC)c(OC)c2)c2cnccn2)cc(OC)c1OC. The highest BCUT2D eigenvalue weighted by molar-refractivity contribution is 5.55. The van der Waals surface area contributed by atoms with E-state index < -0.39 is 0 Å². The molecular weight excluding hydrogens is 440 g/mol. The molecule has 2 aromatic carbocycles. The minimum Gasteiger partial charge on any atom is -0.493 e. The second-order valence-electron chi connectivity index (χ2n) is 7.05. The summed E-state index contributed by atoms with van der Waals surface area (Å²) in [5, 5.41) is 1.89. The van der Waals surface area contributed by atoms with Crippen LogP contribution in [0.5, 0.6) is 34.5 Å². The Morgan fingerprint density at radius 3 is 1.59 bits per heavy atom. The van der Waals surface area contributed by atoms with Crippen LogP contribution in [0.3, 0.4) is 0 Å². The van der Waals surface area contributed by atoms with Gasteiger partial charge in [0.05, 0.1) is 55.4 Å². The summed E-state index contributed by atoms with van der Waals surface area (Å²) in [6.45, 7) is 0.900. The molecule has 34 heavy (non-hydrogen) atoms. The lowest BCUT2D eigenvalue weighted by molar-refractivity contribution is 0.323. The summed E-state index contributed by atoms with van der Waals surface area (Å²) in [5.74, 6) is 4.01. The van der Waals surface area contributed by atoms with Gasteiger partial charge in [-0.05, 0) is 35.4 Å². The molecule has 0 aliphatic carbocycles. The van der Waals surface area contributed by atoms with E-state index in [1.54, 1.807) is 61.2 Å². The second-order valence-corrected chi connectivity index (χ2v) is 7.05. The molecule has 0 aliphatic rings. The maximum Gasteiger partial charge on any atom is 0.203 e. The number of anilines is 1. The summed E-state index contributed by atoms with van der Waals surface area (Å²) in [4.78, 5) is 8.65. The number of nitrogens with zero attached hydrogens (tertiary/aromatic N) is 3. The third-order valence-corrected chi connectivity index (χ3v) is 5.09. The summed E-state index contributed by atoms with van der Waals surface area (Å²) in [7, 11) is 9.50. The second kappa shape index (κ2) is 11.8. The molecule has 0 radical (unpaired) electrons. The molecule has 0 spiro atoms. The number of rotatable bonds is 12. The largest absolute Gasteiger partial charge is 0.493 e. The van der Waals surface area contributed by atoms with E-state index in [2.05, 4.69) is 15.4 Å². The van der Waals surface area contributed by atoms with Gasteiger partial charge in [-0.2, -0.15) is 0 Å². The summed E-state index contributed by atoms with van der Waals surface area (Å²) in [6.07, 6.45) is 4.94. The molecule has 0 aliphatic heterocycles. The van der Waals surface area contributed by atoms with Gasteiger partial charge in [-0.1, -0.05) is 0 Å². The molecule has 0 atom stereocenters. The smallest absolute Gasteiger partial charge is 0.203 e. The first-order valence-electron chi connectivity index (χ1n) is 10.4. The van der Waals surface area contributed by atoms with Crippen molar-refractivity contribution in [2.45, 2.75) is 13.1 Å². The molecule has 0 unspecified atom stereocenters. The first kappa shape index (κ1) is 24.7. The molecule has 10 nitrogen and oxygen atoms in total. The van der Waals surface area contributed by atoms with Gasteiger partial charge >= 0.3 is 0 Å². The molecule has 0 fully saturated rings. The van der Waals surface area contributed by atoms with Crippen molar-refractivity contribution in [3.8, 4) is 34.5 Å². The summed E-state index contributed by atoms with van der Waals surface area (Å²) < 4.78 is 32.8. The number of aromatic nitrogens is 2. The molecule has 10 heteroatoms. The molecule has 0 saturated heterocycles. The zero-order valence-electron chi connectivity index (χ0n) is 20.2. The zero-order chi connectivity index (χ0) is 24.5. The fourth-order valence-electron chi connectivity index (χ4n) is 3.48. The van der Waals surface area contributed by atoms with Crippen LogP contribution < -0.4 is 38.9 Å². The van der Waals surface area contributed by atoms with Gasteiger partial charge in [-0.25, -0.2) is 10.4 Å². The van der Waals surface area contributed by atoms with Gasteiger partial charge in [0.2, 0.25) is 11.5 Å². The van der Waals surface area contributed by atoms with Crippen LogP contribution in [0.15, 0.2) is 42.9 Å². The highest BCUT2D eigenvalue weighted by Gasteiger charge is 2.18. The van der Waals surface area contributed by atoms with Crippen molar-refractivity contribution >= 4 is 5.82 Å². The third kappa shape index (κ3) is 5.52. The van der Waals surface area contributed by atoms with E-state index in [1.165, 1.54) is 0 Å². The van der Waals surface area contributed by atoms with Gasteiger partial charge in [0.1, 0.15) is 0 Å². The average Bonchev–Trinajstić information content (AvgIpc) is 2.89. The van der Waals surface area contributed by atoms with Crippen LogP contribution in [0, 0.1) is 0 Å². The maximum atomic E-state index is 5.50. The van der Waals surface area contributed by atoms with E-state index in [4.69, 9.17) is 28.4 Å². The average molecular weight is 471 g/mol. The number of hydrogen-bond donors (Lipinski definition) is 1. The molecule has 0 amide bonds. The normalized spacial score (nSPS) is 10.4. The van der Waals surface area contributed by atoms with E-state index in [9.17, 15) is 0 Å². The number of benzene rings is 2. The topological polar surface area (TPSA) is 96.4 Å². The van der Waals surface area contributed by atoms with Crippen LogP contribution in [-0.4, -0.2) is 52.6 Å². The summed E-state index contributed by atoms with van der Waals surface area (Å²) in [6, 6.07) is 7.57. The van der Waals surface area contributed by atoms with Crippen LogP contribution in [-0.2, 0) is 13.1 Å². The van der Waals surface area contributed by atoms with Crippen LogP contribution >= 0.6 is 0 Å². The molecule has 182 valence electrons. The fraction of sp³-hybridized carbons (Fsp3) is 0.333. The van der Waals surface area contributed by atoms with E-state index in [-0.39, 0.29) is 0 Å². The molecule has 1 N–H and O–H groups in total. The van der Waals surface area contributed by atoms with Crippen LogP contribution in [0.4, 0.5) is 5.82 Å². The Morgan fingerprint density at radius 1 is 0.676 bits per heavy atom. The van der Waals surface area contributed by atoms with Gasteiger partial charge in [0.25, 0.3) is 0 Å². The monoisotopic (exact) mass is 470 g/mol. The zero-order valence-corrected chi connectivity index (χ0v) is 20.2. The Balaban J connectivity index is 1.91. The fourth-order valence-corrected chi connectivity index (χ4v) is 3.48. The van der Waals surface area contributed by atoms with Crippen molar-refractivity contribution in [3.05, 3.63) is 54.0 Å².